The van der Waals surface area contributed by atoms with Crippen molar-refractivity contribution < 1.29 is 44.5 Å². The van der Waals surface area contributed by atoms with Crippen molar-refractivity contribution in [1.82, 2.24) is 0 Å². The number of aromatic hydroxyl groups is 1. The van der Waals surface area contributed by atoms with Gasteiger partial charge >= 0.3 is 5.97 Å². The summed E-state index contributed by atoms with van der Waals surface area (Å²) < 4.78 is 16.6. The Hall–Kier alpha value is -2.01. The van der Waals surface area contributed by atoms with Crippen LogP contribution in [0.4, 0.5) is 0 Å². The molecule has 3 rings (SSSR count). The highest BCUT2D eigenvalue weighted by Gasteiger charge is 2.48. The van der Waals surface area contributed by atoms with Crippen LogP contribution < -0.4 is 0 Å². The molecular formula is C21H28O9. The van der Waals surface area contributed by atoms with E-state index in [0.29, 0.717) is 18.4 Å². The van der Waals surface area contributed by atoms with Gasteiger partial charge in [-0.3, -0.25) is 0 Å². The molecule has 9 nitrogen and oxygen atoms in total. The fourth-order valence-electron chi connectivity index (χ4n) is 3.62. The molecule has 0 spiro atoms. The molecule has 1 heterocycles. The van der Waals surface area contributed by atoms with Crippen LogP contribution in [-0.4, -0.2) is 81.0 Å². The highest BCUT2D eigenvalue weighted by atomic mass is 16.7. The highest BCUT2D eigenvalue weighted by molar-refractivity contribution is 5.87. The van der Waals surface area contributed by atoms with E-state index in [0.717, 1.165) is 18.9 Å². The number of rotatable bonds is 6. The van der Waals surface area contributed by atoms with Gasteiger partial charge in [0.1, 0.15) is 24.1 Å². The van der Waals surface area contributed by atoms with E-state index in [2.05, 4.69) is 0 Å². The maximum Gasteiger partial charge on any atom is 0.331 e. The average molecular weight is 424 g/mol. The lowest BCUT2D eigenvalue weighted by Crippen LogP contribution is -2.61. The molecule has 1 aliphatic heterocycles. The number of aliphatic hydroxyl groups excluding tert-OH is 4. The molecule has 5 N–H and O–H groups in total. The Labute approximate surface area is 174 Å². The number of ether oxygens (including phenoxy) is 3. The molecule has 1 aliphatic carbocycles. The van der Waals surface area contributed by atoms with Gasteiger partial charge in [-0.05, 0) is 36.6 Å². The number of carbonyl (C=O) groups excluding carboxylic acids is 1. The lowest BCUT2D eigenvalue weighted by atomic mass is 9.94. The number of carbonyl (C=O) groups is 1. The van der Waals surface area contributed by atoms with Crippen molar-refractivity contribution in [2.24, 2.45) is 0 Å². The normalized spacial score (nSPS) is 34.7. The molecule has 0 amide bonds. The Balaban J connectivity index is 1.70. The minimum absolute atomic E-state index is 0.0921. The topological polar surface area (TPSA) is 146 Å². The van der Waals surface area contributed by atoms with Crippen LogP contribution in [0.3, 0.4) is 0 Å². The standard InChI is InChI=1S/C21H28O9/c22-11-16-18(26)19(27)20(21(29-16)28-15-4-2-1-3-14(15)24)30-17(25)10-7-12-5-8-13(23)9-6-12/h5-10,14-16,18-24,26-27H,1-4,11H2/b10-7+/t14-,15-,16+,18+,19-,20+,21+/m0/s1. The third-order valence-electron chi connectivity index (χ3n) is 5.36. The third kappa shape index (κ3) is 5.57. The Morgan fingerprint density at radius 3 is 2.47 bits per heavy atom. The summed E-state index contributed by atoms with van der Waals surface area (Å²) in [5, 5.41) is 49.5. The number of esters is 1. The summed E-state index contributed by atoms with van der Waals surface area (Å²) in [5.41, 5.74) is 0.642. The zero-order chi connectivity index (χ0) is 21.7. The van der Waals surface area contributed by atoms with Crippen LogP contribution in [0.2, 0.25) is 0 Å². The van der Waals surface area contributed by atoms with Crippen molar-refractivity contribution >= 4 is 12.0 Å². The Morgan fingerprint density at radius 2 is 1.80 bits per heavy atom. The van der Waals surface area contributed by atoms with Crippen LogP contribution in [-0.2, 0) is 19.0 Å². The fraction of sp³-hybridized carbons (Fsp3) is 0.571. The molecule has 7 atom stereocenters. The molecule has 2 aliphatic rings. The van der Waals surface area contributed by atoms with Crippen LogP contribution >= 0.6 is 0 Å². The van der Waals surface area contributed by atoms with Gasteiger partial charge < -0.3 is 39.7 Å². The Morgan fingerprint density at radius 1 is 1.10 bits per heavy atom. The van der Waals surface area contributed by atoms with Crippen LogP contribution in [0.15, 0.2) is 30.3 Å². The van der Waals surface area contributed by atoms with E-state index in [1.54, 1.807) is 12.1 Å². The second kappa shape index (κ2) is 10.3. The number of benzene rings is 1. The number of phenolic OH excluding ortho intramolecular Hbond substituents is 1. The van der Waals surface area contributed by atoms with Crippen LogP contribution in [0.25, 0.3) is 6.08 Å². The molecule has 30 heavy (non-hydrogen) atoms. The summed E-state index contributed by atoms with van der Waals surface area (Å²) in [6, 6.07) is 6.14. The first kappa shape index (κ1) is 22.7. The molecule has 1 aromatic carbocycles. The molecule has 0 radical (unpaired) electrons. The first-order valence-corrected chi connectivity index (χ1v) is 10.0. The van der Waals surface area contributed by atoms with E-state index in [-0.39, 0.29) is 5.75 Å². The van der Waals surface area contributed by atoms with Crippen molar-refractivity contribution in [2.45, 2.75) is 68.6 Å². The maximum atomic E-state index is 12.3. The summed E-state index contributed by atoms with van der Waals surface area (Å²) in [6.07, 6.45) is -2.59. The Kier molecular flexibility index (Phi) is 7.81. The van der Waals surface area contributed by atoms with Crippen molar-refractivity contribution in [2.75, 3.05) is 6.61 Å². The zero-order valence-corrected chi connectivity index (χ0v) is 16.4. The zero-order valence-electron chi connectivity index (χ0n) is 16.4. The molecule has 0 aromatic heterocycles. The van der Waals surface area contributed by atoms with Gasteiger partial charge in [0.2, 0.25) is 0 Å². The SMILES string of the molecule is O=C(/C=C/c1ccc(O)cc1)O[C@H]1[C@H](O[C@H]2CCCC[C@@H]2O)O[C@H](CO)[C@@H](O)[C@@H]1O. The van der Waals surface area contributed by atoms with Crippen LogP contribution in [0, 0.1) is 0 Å². The summed E-state index contributed by atoms with van der Waals surface area (Å²) in [4.78, 5) is 12.3. The van der Waals surface area contributed by atoms with Gasteiger partial charge in [-0.15, -0.1) is 0 Å². The minimum atomic E-state index is -1.55. The Bertz CT molecular complexity index is 720. The maximum absolute atomic E-state index is 12.3. The van der Waals surface area contributed by atoms with Gasteiger partial charge in [-0.2, -0.15) is 0 Å². The fourth-order valence-corrected chi connectivity index (χ4v) is 3.62. The molecule has 0 bridgehead atoms. The first-order valence-electron chi connectivity index (χ1n) is 10.0. The predicted molar refractivity (Wildman–Crippen MR) is 104 cm³/mol. The smallest absolute Gasteiger partial charge is 0.331 e. The first-order chi connectivity index (χ1) is 14.4. The van der Waals surface area contributed by atoms with Crippen molar-refractivity contribution in [3.8, 4) is 5.75 Å². The number of phenols is 1. The molecule has 0 unspecified atom stereocenters. The molecule has 9 heteroatoms. The summed E-state index contributed by atoms with van der Waals surface area (Å²) in [6.45, 7) is -0.563. The molecule has 166 valence electrons. The second-order valence-electron chi connectivity index (χ2n) is 7.56. The van der Waals surface area contributed by atoms with Crippen LogP contribution in [0.5, 0.6) is 5.75 Å². The van der Waals surface area contributed by atoms with Crippen molar-refractivity contribution in [1.29, 1.82) is 0 Å². The summed E-state index contributed by atoms with van der Waals surface area (Å²) in [7, 11) is 0. The van der Waals surface area contributed by atoms with Gasteiger partial charge in [0, 0.05) is 6.08 Å². The lowest BCUT2D eigenvalue weighted by Gasteiger charge is -2.43. The van der Waals surface area contributed by atoms with Gasteiger partial charge in [-0.25, -0.2) is 4.79 Å². The molecule has 1 saturated carbocycles. The highest BCUT2D eigenvalue weighted by Crippen LogP contribution is 2.29. The van der Waals surface area contributed by atoms with Crippen molar-refractivity contribution in [3.63, 3.8) is 0 Å². The quantitative estimate of drug-likeness (QED) is 0.316. The van der Waals surface area contributed by atoms with E-state index in [4.69, 9.17) is 14.2 Å². The predicted octanol–water partition coefficient (Wildman–Crippen LogP) is 0.0763. The molecule has 1 saturated heterocycles. The van der Waals surface area contributed by atoms with E-state index >= 15 is 0 Å². The minimum Gasteiger partial charge on any atom is -0.508 e. The second-order valence-corrected chi connectivity index (χ2v) is 7.56. The van der Waals surface area contributed by atoms with E-state index in [9.17, 15) is 30.3 Å². The van der Waals surface area contributed by atoms with E-state index in [1.165, 1.54) is 18.2 Å². The largest absolute Gasteiger partial charge is 0.508 e. The number of aliphatic hydroxyl groups is 4. The summed E-state index contributed by atoms with van der Waals surface area (Å²) in [5.74, 6) is -0.710. The number of hydrogen-bond acceptors (Lipinski definition) is 9. The average Bonchev–Trinajstić information content (AvgIpc) is 2.74. The van der Waals surface area contributed by atoms with Gasteiger partial charge in [0.25, 0.3) is 0 Å². The van der Waals surface area contributed by atoms with Gasteiger partial charge in [-0.1, -0.05) is 25.0 Å². The van der Waals surface area contributed by atoms with Gasteiger partial charge in [0.05, 0.1) is 18.8 Å². The number of hydrogen-bond donors (Lipinski definition) is 5. The van der Waals surface area contributed by atoms with E-state index < -0.39 is 55.5 Å². The monoisotopic (exact) mass is 424 g/mol. The van der Waals surface area contributed by atoms with Crippen molar-refractivity contribution in [3.05, 3.63) is 35.9 Å². The van der Waals surface area contributed by atoms with Crippen LogP contribution in [0.1, 0.15) is 31.2 Å². The molecule has 1 aromatic rings. The molecular weight excluding hydrogens is 396 g/mol. The lowest BCUT2D eigenvalue weighted by molar-refractivity contribution is -0.320. The van der Waals surface area contributed by atoms with E-state index in [1.807, 2.05) is 0 Å². The molecule has 2 fully saturated rings. The third-order valence-corrected chi connectivity index (χ3v) is 5.36. The van der Waals surface area contributed by atoms with Gasteiger partial charge in [0.15, 0.2) is 12.4 Å². The summed E-state index contributed by atoms with van der Waals surface area (Å²) >= 11 is 0.